The van der Waals surface area contributed by atoms with Gasteiger partial charge >= 0.3 is 12.0 Å². The van der Waals surface area contributed by atoms with Crippen LogP contribution in [-0.4, -0.2) is 42.8 Å². The SMILES string of the molecule is NC(=O)COCCNC(=O)Nc1cc(C(=O)O)ccc1Cl. The van der Waals surface area contributed by atoms with Gasteiger partial charge in [0.05, 0.1) is 22.9 Å². The average Bonchev–Trinajstić information content (AvgIpc) is 2.40. The molecule has 1 aromatic rings. The van der Waals surface area contributed by atoms with Crippen molar-refractivity contribution in [3.63, 3.8) is 0 Å². The molecule has 0 fully saturated rings. The number of hydrogen-bond donors (Lipinski definition) is 4. The number of benzene rings is 1. The van der Waals surface area contributed by atoms with Crippen LogP contribution in [0, 0.1) is 0 Å². The number of nitrogens with two attached hydrogens (primary N) is 1. The van der Waals surface area contributed by atoms with Crippen molar-refractivity contribution in [3.05, 3.63) is 28.8 Å². The standard InChI is InChI=1S/C12H14ClN3O5/c13-8-2-1-7(11(18)19)5-9(8)16-12(20)15-3-4-21-6-10(14)17/h1-2,5H,3-4,6H2,(H2,14,17)(H,18,19)(H2,15,16,20). The lowest BCUT2D eigenvalue weighted by Gasteiger charge is -2.09. The van der Waals surface area contributed by atoms with Crippen LogP contribution in [0.5, 0.6) is 0 Å². The van der Waals surface area contributed by atoms with Gasteiger partial charge in [-0.2, -0.15) is 0 Å². The van der Waals surface area contributed by atoms with E-state index in [2.05, 4.69) is 10.6 Å². The molecule has 0 radical (unpaired) electrons. The summed E-state index contributed by atoms with van der Waals surface area (Å²) < 4.78 is 4.85. The molecule has 0 saturated carbocycles. The molecule has 9 heteroatoms. The first-order chi connectivity index (χ1) is 9.90. The van der Waals surface area contributed by atoms with Gasteiger partial charge in [0.1, 0.15) is 6.61 Å². The summed E-state index contributed by atoms with van der Waals surface area (Å²) in [7, 11) is 0. The van der Waals surface area contributed by atoms with Crippen molar-refractivity contribution in [2.24, 2.45) is 5.73 Å². The molecule has 0 atom stereocenters. The van der Waals surface area contributed by atoms with Crippen molar-refractivity contribution < 1.29 is 24.2 Å². The monoisotopic (exact) mass is 315 g/mol. The predicted octanol–water partition coefficient (Wildman–Crippen LogP) is 0.662. The molecule has 0 aliphatic heterocycles. The number of carboxylic acid groups (broad SMARTS) is 1. The summed E-state index contributed by atoms with van der Waals surface area (Å²) in [6.45, 7) is 0.0321. The van der Waals surface area contributed by atoms with Crippen molar-refractivity contribution in [2.75, 3.05) is 25.1 Å². The molecule has 0 heterocycles. The Balaban J connectivity index is 2.45. The van der Waals surface area contributed by atoms with Crippen molar-refractivity contribution in [3.8, 4) is 0 Å². The number of halogens is 1. The zero-order chi connectivity index (χ0) is 15.8. The van der Waals surface area contributed by atoms with Gasteiger partial charge < -0.3 is 26.2 Å². The molecule has 1 rings (SSSR count). The largest absolute Gasteiger partial charge is 0.478 e. The fraction of sp³-hybridized carbons (Fsp3) is 0.250. The summed E-state index contributed by atoms with van der Waals surface area (Å²) in [4.78, 5) is 32.8. The number of urea groups is 1. The Morgan fingerprint density at radius 3 is 2.67 bits per heavy atom. The summed E-state index contributed by atoms with van der Waals surface area (Å²) in [5.41, 5.74) is 5.04. The Labute approximate surface area is 125 Å². The minimum atomic E-state index is -1.13. The first-order valence-electron chi connectivity index (χ1n) is 5.84. The van der Waals surface area contributed by atoms with Gasteiger partial charge in [0, 0.05) is 6.54 Å². The maximum absolute atomic E-state index is 11.6. The van der Waals surface area contributed by atoms with Gasteiger partial charge in [-0.15, -0.1) is 0 Å². The van der Waals surface area contributed by atoms with Crippen LogP contribution in [0.2, 0.25) is 5.02 Å². The van der Waals surface area contributed by atoms with Crippen molar-refractivity contribution in [1.29, 1.82) is 0 Å². The lowest BCUT2D eigenvalue weighted by atomic mass is 10.2. The minimum Gasteiger partial charge on any atom is -0.478 e. The molecule has 3 amide bonds. The Kier molecular flexibility index (Phi) is 6.44. The second-order valence-electron chi connectivity index (χ2n) is 3.90. The fourth-order valence-electron chi connectivity index (χ4n) is 1.33. The molecular weight excluding hydrogens is 302 g/mol. The number of aromatic carboxylic acids is 1. The highest BCUT2D eigenvalue weighted by atomic mass is 35.5. The molecule has 114 valence electrons. The van der Waals surface area contributed by atoms with Gasteiger partial charge in [-0.05, 0) is 18.2 Å². The Morgan fingerprint density at radius 2 is 2.05 bits per heavy atom. The summed E-state index contributed by atoms with van der Waals surface area (Å²) in [5, 5.41) is 13.9. The van der Waals surface area contributed by atoms with Crippen LogP contribution in [0.25, 0.3) is 0 Å². The number of primary amides is 1. The van der Waals surface area contributed by atoms with Crippen LogP contribution in [0.1, 0.15) is 10.4 Å². The predicted molar refractivity (Wildman–Crippen MR) is 75.4 cm³/mol. The van der Waals surface area contributed by atoms with Gasteiger partial charge in [0.15, 0.2) is 0 Å². The second-order valence-corrected chi connectivity index (χ2v) is 4.31. The molecule has 0 aromatic heterocycles. The molecule has 1 aromatic carbocycles. The maximum Gasteiger partial charge on any atom is 0.335 e. The van der Waals surface area contributed by atoms with Crippen molar-refractivity contribution >= 4 is 35.2 Å². The molecule has 5 N–H and O–H groups in total. The minimum absolute atomic E-state index is 0.000471. The number of nitrogens with one attached hydrogen (secondary N) is 2. The van der Waals surface area contributed by atoms with E-state index in [4.69, 9.17) is 27.2 Å². The normalized spacial score (nSPS) is 9.95. The van der Waals surface area contributed by atoms with E-state index in [1.165, 1.54) is 18.2 Å². The average molecular weight is 316 g/mol. The molecule has 0 aliphatic rings. The number of hydrogen-bond acceptors (Lipinski definition) is 4. The molecule has 0 spiro atoms. The van der Waals surface area contributed by atoms with E-state index in [9.17, 15) is 14.4 Å². The van der Waals surface area contributed by atoms with E-state index in [0.717, 1.165) is 0 Å². The van der Waals surface area contributed by atoms with Crippen LogP contribution in [0.15, 0.2) is 18.2 Å². The zero-order valence-electron chi connectivity index (χ0n) is 10.9. The second kappa shape index (κ2) is 8.08. The summed E-state index contributed by atoms with van der Waals surface area (Å²) in [6.07, 6.45) is 0. The Bertz CT molecular complexity index is 550. The Hall–Kier alpha value is -2.32. The lowest BCUT2D eigenvalue weighted by molar-refractivity contribution is -0.122. The van der Waals surface area contributed by atoms with Gasteiger partial charge in [0.25, 0.3) is 0 Å². The Morgan fingerprint density at radius 1 is 1.33 bits per heavy atom. The number of anilines is 1. The fourth-order valence-corrected chi connectivity index (χ4v) is 1.49. The molecule has 0 aliphatic carbocycles. The van der Waals surface area contributed by atoms with E-state index in [1.54, 1.807) is 0 Å². The zero-order valence-corrected chi connectivity index (χ0v) is 11.6. The molecule has 0 bridgehead atoms. The highest BCUT2D eigenvalue weighted by Gasteiger charge is 2.09. The third-order valence-corrected chi connectivity index (χ3v) is 2.57. The van der Waals surface area contributed by atoms with Crippen LogP contribution in [-0.2, 0) is 9.53 Å². The molecule has 0 saturated heterocycles. The number of ether oxygens (including phenoxy) is 1. The van der Waals surface area contributed by atoms with Gasteiger partial charge in [-0.1, -0.05) is 11.6 Å². The van der Waals surface area contributed by atoms with Crippen LogP contribution < -0.4 is 16.4 Å². The summed E-state index contributed by atoms with van der Waals surface area (Å²) in [6, 6.07) is 3.36. The van der Waals surface area contributed by atoms with Gasteiger partial charge in [-0.25, -0.2) is 9.59 Å². The quantitative estimate of drug-likeness (QED) is 0.549. The van der Waals surface area contributed by atoms with Crippen molar-refractivity contribution in [1.82, 2.24) is 5.32 Å². The third kappa shape index (κ3) is 6.11. The van der Waals surface area contributed by atoms with Crippen LogP contribution >= 0.6 is 11.6 Å². The summed E-state index contributed by atoms with van der Waals surface area (Å²) in [5.74, 6) is -1.73. The smallest absolute Gasteiger partial charge is 0.335 e. The van der Waals surface area contributed by atoms with E-state index in [1.807, 2.05) is 0 Å². The number of carboxylic acids is 1. The highest BCUT2D eigenvalue weighted by molar-refractivity contribution is 6.33. The molecule has 8 nitrogen and oxygen atoms in total. The first kappa shape index (κ1) is 16.7. The molecule has 0 unspecified atom stereocenters. The van der Waals surface area contributed by atoms with E-state index in [-0.39, 0.29) is 36.0 Å². The highest BCUT2D eigenvalue weighted by Crippen LogP contribution is 2.22. The molecular formula is C12H14ClN3O5. The lowest BCUT2D eigenvalue weighted by Crippen LogP contribution is -2.32. The van der Waals surface area contributed by atoms with E-state index >= 15 is 0 Å². The van der Waals surface area contributed by atoms with Gasteiger partial charge in [0.2, 0.25) is 5.91 Å². The number of carbonyl (C=O) groups is 3. The van der Waals surface area contributed by atoms with Crippen LogP contribution in [0.3, 0.4) is 0 Å². The van der Waals surface area contributed by atoms with Crippen molar-refractivity contribution in [2.45, 2.75) is 0 Å². The summed E-state index contributed by atoms with van der Waals surface area (Å²) >= 11 is 5.85. The maximum atomic E-state index is 11.6. The van der Waals surface area contributed by atoms with Gasteiger partial charge in [-0.3, -0.25) is 4.79 Å². The first-order valence-corrected chi connectivity index (χ1v) is 6.21. The number of carbonyl (C=O) groups excluding carboxylic acids is 2. The van der Waals surface area contributed by atoms with Crippen LogP contribution in [0.4, 0.5) is 10.5 Å². The van der Waals surface area contributed by atoms with E-state index < -0.39 is 17.9 Å². The van der Waals surface area contributed by atoms with E-state index in [0.29, 0.717) is 0 Å². The topological polar surface area (TPSA) is 131 Å². The third-order valence-electron chi connectivity index (χ3n) is 2.24. The number of amides is 3. The number of rotatable bonds is 7. The molecule has 21 heavy (non-hydrogen) atoms.